The third-order valence-corrected chi connectivity index (χ3v) is 4.94. The lowest BCUT2D eigenvalue weighted by molar-refractivity contribution is 0.00578. The van der Waals surface area contributed by atoms with Crippen molar-refractivity contribution in [3.8, 4) is 5.75 Å². The van der Waals surface area contributed by atoms with Crippen LogP contribution in [0.3, 0.4) is 0 Å². The van der Waals surface area contributed by atoms with E-state index >= 15 is 0 Å². The quantitative estimate of drug-likeness (QED) is 0.777. The van der Waals surface area contributed by atoms with Gasteiger partial charge in [0.15, 0.2) is 0 Å². The molecule has 126 valence electrons. The number of ether oxygens (including phenoxy) is 1. The van der Waals surface area contributed by atoms with E-state index < -0.39 is 0 Å². The Kier molecular flexibility index (Phi) is 4.65. The fraction of sp³-hybridized carbons (Fsp3) is 0.368. The predicted octanol–water partition coefficient (Wildman–Crippen LogP) is 4.22. The van der Waals surface area contributed by atoms with Gasteiger partial charge in [0.2, 0.25) is 0 Å². The van der Waals surface area contributed by atoms with Crippen LogP contribution >= 0.6 is 11.6 Å². The number of rotatable bonds is 4. The third-order valence-electron chi connectivity index (χ3n) is 4.70. The van der Waals surface area contributed by atoms with E-state index in [0.717, 1.165) is 16.8 Å². The van der Waals surface area contributed by atoms with Gasteiger partial charge in [0.05, 0.1) is 11.2 Å². The maximum atomic E-state index is 6.05. The molecule has 3 nitrogen and oxygen atoms in total. The molecule has 1 saturated heterocycles. The minimum atomic E-state index is -0.350. The van der Waals surface area contributed by atoms with Gasteiger partial charge < -0.3 is 14.0 Å². The van der Waals surface area contributed by atoms with Gasteiger partial charge in [-0.25, -0.2) is 0 Å². The first-order valence-electron chi connectivity index (χ1n) is 8.10. The average Bonchev–Trinajstić information content (AvgIpc) is 2.74. The molecule has 0 bridgehead atoms. The Labute approximate surface area is 149 Å². The van der Waals surface area contributed by atoms with Crippen LogP contribution in [0.15, 0.2) is 48.5 Å². The Morgan fingerprint density at radius 3 is 2.17 bits per heavy atom. The van der Waals surface area contributed by atoms with Gasteiger partial charge in [0.25, 0.3) is 0 Å². The number of benzene rings is 2. The number of halogens is 1. The molecular weight excluding hydrogens is 322 g/mol. The summed E-state index contributed by atoms with van der Waals surface area (Å²) in [6.07, 6.45) is 0. The lowest BCUT2D eigenvalue weighted by atomic mass is 9.79. The molecule has 0 aliphatic carbocycles. The van der Waals surface area contributed by atoms with Crippen LogP contribution in [0.5, 0.6) is 5.75 Å². The SMILES string of the molecule is CC1(C)OB(c2ccc(OCc3cccc(Cl)c3)cc2)OC1(C)C. The Morgan fingerprint density at radius 1 is 0.958 bits per heavy atom. The van der Waals surface area contributed by atoms with Gasteiger partial charge in [-0.1, -0.05) is 35.9 Å². The molecule has 1 heterocycles. The van der Waals surface area contributed by atoms with Gasteiger partial charge in [-0.05, 0) is 63.0 Å². The summed E-state index contributed by atoms with van der Waals surface area (Å²) < 4.78 is 17.9. The van der Waals surface area contributed by atoms with E-state index in [4.69, 9.17) is 25.6 Å². The van der Waals surface area contributed by atoms with E-state index in [2.05, 4.69) is 27.7 Å². The number of hydrogen-bond donors (Lipinski definition) is 0. The van der Waals surface area contributed by atoms with Crippen molar-refractivity contribution >= 4 is 24.2 Å². The normalized spacial score (nSPS) is 18.6. The molecule has 24 heavy (non-hydrogen) atoms. The van der Waals surface area contributed by atoms with Gasteiger partial charge in [-0.2, -0.15) is 0 Å². The zero-order valence-electron chi connectivity index (χ0n) is 14.5. The van der Waals surface area contributed by atoms with Crippen molar-refractivity contribution in [1.82, 2.24) is 0 Å². The summed E-state index contributed by atoms with van der Waals surface area (Å²) in [5.41, 5.74) is 1.36. The minimum Gasteiger partial charge on any atom is -0.489 e. The van der Waals surface area contributed by atoms with E-state index in [9.17, 15) is 0 Å². The minimum absolute atomic E-state index is 0.334. The molecule has 0 radical (unpaired) electrons. The maximum Gasteiger partial charge on any atom is 0.494 e. The molecule has 2 aromatic rings. The molecule has 5 heteroatoms. The van der Waals surface area contributed by atoms with Crippen molar-refractivity contribution in [2.75, 3.05) is 0 Å². The van der Waals surface area contributed by atoms with Crippen LogP contribution in [0.2, 0.25) is 5.02 Å². The fourth-order valence-corrected chi connectivity index (χ4v) is 2.71. The molecule has 0 unspecified atom stereocenters. The van der Waals surface area contributed by atoms with Crippen LogP contribution in [-0.4, -0.2) is 18.3 Å². The zero-order valence-corrected chi connectivity index (χ0v) is 15.3. The summed E-state index contributed by atoms with van der Waals surface area (Å²) in [5.74, 6) is 0.801. The summed E-state index contributed by atoms with van der Waals surface area (Å²) in [6.45, 7) is 8.69. The lowest BCUT2D eigenvalue weighted by Crippen LogP contribution is -2.41. The summed E-state index contributed by atoms with van der Waals surface area (Å²) in [5, 5.41) is 0.715. The molecule has 0 atom stereocenters. The summed E-state index contributed by atoms with van der Waals surface area (Å²) in [7, 11) is -0.350. The predicted molar refractivity (Wildman–Crippen MR) is 97.9 cm³/mol. The lowest BCUT2D eigenvalue weighted by Gasteiger charge is -2.32. The first-order chi connectivity index (χ1) is 11.3. The topological polar surface area (TPSA) is 27.7 Å². The van der Waals surface area contributed by atoms with E-state index in [1.54, 1.807) is 0 Å². The van der Waals surface area contributed by atoms with Crippen LogP contribution in [0.4, 0.5) is 0 Å². The molecular formula is C19H22BClO3. The van der Waals surface area contributed by atoms with Gasteiger partial charge in [0, 0.05) is 5.02 Å². The Hall–Kier alpha value is -1.49. The number of hydrogen-bond acceptors (Lipinski definition) is 3. The van der Waals surface area contributed by atoms with Crippen molar-refractivity contribution in [2.24, 2.45) is 0 Å². The Balaban J connectivity index is 1.64. The first kappa shape index (κ1) is 17.3. The molecule has 1 fully saturated rings. The molecule has 0 saturated carbocycles. The van der Waals surface area contributed by atoms with Gasteiger partial charge >= 0.3 is 7.12 Å². The van der Waals surface area contributed by atoms with Gasteiger partial charge in [0.1, 0.15) is 12.4 Å². The fourth-order valence-electron chi connectivity index (χ4n) is 2.49. The maximum absolute atomic E-state index is 6.05. The molecule has 0 amide bonds. The summed E-state index contributed by atoms with van der Waals surface area (Å²) >= 11 is 5.98. The molecule has 1 aliphatic rings. The molecule has 0 spiro atoms. The highest BCUT2D eigenvalue weighted by Gasteiger charge is 2.51. The smallest absolute Gasteiger partial charge is 0.489 e. The van der Waals surface area contributed by atoms with E-state index in [0.29, 0.717) is 11.6 Å². The Bertz CT molecular complexity index is 697. The highest BCUT2D eigenvalue weighted by Crippen LogP contribution is 2.36. The van der Waals surface area contributed by atoms with Crippen LogP contribution in [0.25, 0.3) is 0 Å². The molecule has 0 N–H and O–H groups in total. The van der Waals surface area contributed by atoms with E-state index in [1.807, 2.05) is 48.5 Å². The molecule has 0 aromatic heterocycles. The average molecular weight is 345 g/mol. The van der Waals surface area contributed by atoms with Gasteiger partial charge in [-0.15, -0.1) is 0 Å². The standard InChI is InChI=1S/C19H22BClO3/c1-18(2)19(3,4)24-20(23-18)15-8-10-17(11-9-15)22-13-14-6-5-7-16(21)12-14/h5-12H,13H2,1-4H3. The van der Waals surface area contributed by atoms with E-state index in [1.165, 1.54) is 0 Å². The monoisotopic (exact) mass is 344 g/mol. The second-order valence-corrected chi connectivity index (χ2v) is 7.51. The van der Waals surface area contributed by atoms with Crippen molar-refractivity contribution in [3.63, 3.8) is 0 Å². The largest absolute Gasteiger partial charge is 0.494 e. The van der Waals surface area contributed by atoms with Crippen molar-refractivity contribution < 1.29 is 14.0 Å². The van der Waals surface area contributed by atoms with Crippen LogP contribution in [0.1, 0.15) is 33.3 Å². The van der Waals surface area contributed by atoms with Gasteiger partial charge in [-0.3, -0.25) is 0 Å². The Morgan fingerprint density at radius 2 is 1.58 bits per heavy atom. The van der Waals surface area contributed by atoms with Crippen LogP contribution in [-0.2, 0) is 15.9 Å². The van der Waals surface area contributed by atoms with Crippen LogP contribution < -0.4 is 10.2 Å². The highest BCUT2D eigenvalue weighted by molar-refractivity contribution is 6.62. The highest BCUT2D eigenvalue weighted by atomic mass is 35.5. The molecule has 1 aliphatic heterocycles. The summed E-state index contributed by atoms with van der Waals surface area (Å²) in [4.78, 5) is 0. The van der Waals surface area contributed by atoms with Crippen molar-refractivity contribution in [1.29, 1.82) is 0 Å². The molecule has 3 rings (SSSR count). The van der Waals surface area contributed by atoms with Crippen LogP contribution in [0, 0.1) is 0 Å². The second-order valence-electron chi connectivity index (χ2n) is 7.08. The summed E-state index contributed by atoms with van der Waals surface area (Å²) in [6, 6.07) is 15.5. The van der Waals surface area contributed by atoms with Crippen molar-refractivity contribution in [3.05, 3.63) is 59.1 Å². The van der Waals surface area contributed by atoms with E-state index in [-0.39, 0.29) is 18.3 Å². The first-order valence-corrected chi connectivity index (χ1v) is 8.47. The van der Waals surface area contributed by atoms with Crippen molar-refractivity contribution in [2.45, 2.75) is 45.5 Å². The second kappa shape index (κ2) is 6.43. The third kappa shape index (κ3) is 3.61. The molecule has 2 aromatic carbocycles. The zero-order chi connectivity index (χ0) is 17.4.